The normalized spacial score (nSPS) is 36.5. The first-order valence-electron chi connectivity index (χ1n) is 12.6. The summed E-state index contributed by atoms with van der Waals surface area (Å²) in [7, 11) is 2.09. The third-order valence-electron chi connectivity index (χ3n) is 8.67. The number of nitrogens with zero attached hydrogens (tertiary/aromatic N) is 3. The molecule has 4 heterocycles. The van der Waals surface area contributed by atoms with Crippen molar-refractivity contribution in [1.29, 1.82) is 0 Å². The number of hydrogen-bond donors (Lipinski definition) is 2. The summed E-state index contributed by atoms with van der Waals surface area (Å²) in [5, 5.41) is 11.7. The maximum Gasteiger partial charge on any atom is 0.125 e. The predicted octanol–water partition coefficient (Wildman–Crippen LogP) is 4.81. The quantitative estimate of drug-likeness (QED) is 0.696. The fourth-order valence-corrected chi connectivity index (χ4v) is 6.74. The molecule has 166 valence electrons. The van der Waals surface area contributed by atoms with Crippen LogP contribution in [0.25, 0.3) is 0 Å². The summed E-state index contributed by atoms with van der Waals surface area (Å²) in [4.78, 5) is 8.03. The molecule has 5 nitrogen and oxygen atoms in total. The zero-order chi connectivity index (χ0) is 20.9. The van der Waals surface area contributed by atoms with Crippen LogP contribution in [0.2, 0.25) is 0 Å². The number of rotatable bonds is 6. The Balaban J connectivity index is 1.30. The molecular weight excluding hydrogens is 382 g/mol. The van der Waals surface area contributed by atoms with E-state index in [0.717, 1.165) is 25.9 Å². The SMILES string of the molecule is CNCC12CC(C1)N(C1=C\CCC/C=C/C(C3(c4cc(C5CCCC5)[nH]n4)CC3)=N\1)C2. The highest BCUT2D eigenvalue weighted by molar-refractivity contribution is 6.06. The Labute approximate surface area is 186 Å². The number of hydrogen-bond acceptors (Lipinski definition) is 4. The van der Waals surface area contributed by atoms with Crippen LogP contribution in [0, 0.1) is 5.41 Å². The fraction of sp³-hybridized carbons (Fsp3) is 0.692. The molecule has 3 aliphatic heterocycles. The van der Waals surface area contributed by atoms with Gasteiger partial charge in [-0.25, -0.2) is 4.99 Å². The van der Waals surface area contributed by atoms with Gasteiger partial charge < -0.3 is 10.2 Å². The van der Waals surface area contributed by atoms with E-state index in [0.29, 0.717) is 17.4 Å². The second kappa shape index (κ2) is 7.61. The zero-order valence-corrected chi connectivity index (χ0v) is 19.0. The molecule has 7 rings (SSSR count). The molecule has 0 unspecified atom stereocenters. The summed E-state index contributed by atoms with van der Waals surface area (Å²) in [6.07, 6.45) is 20.9. The molecule has 2 bridgehead atoms. The van der Waals surface area contributed by atoms with Crippen LogP contribution >= 0.6 is 0 Å². The van der Waals surface area contributed by atoms with Gasteiger partial charge in [0.15, 0.2) is 0 Å². The van der Waals surface area contributed by atoms with E-state index in [1.807, 2.05) is 0 Å². The van der Waals surface area contributed by atoms with E-state index >= 15 is 0 Å². The van der Waals surface area contributed by atoms with Gasteiger partial charge in [-0.2, -0.15) is 5.10 Å². The van der Waals surface area contributed by atoms with Crippen molar-refractivity contribution in [3.63, 3.8) is 0 Å². The molecule has 5 heteroatoms. The highest BCUT2D eigenvalue weighted by atomic mass is 15.3. The zero-order valence-electron chi connectivity index (χ0n) is 19.0. The van der Waals surface area contributed by atoms with Crippen LogP contribution in [0.1, 0.15) is 87.9 Å². The van der Waals surface area contributed by atoms with Crippen LogP contribution in [0.15, 0.2) is 35.1 Å². The Hall–Kier alpha value is -1.88. The standard InChI is InChI=1S/C26H37N5/c1-27-17-25-15-20(16-25)31(18-25)24-11-5-3-2-4-10-22(28-24)26(12-13-26)23-14-21(29-30-23)19-8-6-7-9-19/h4,10-11,14,19-20,27H,2-3,5-9,12-13,15-18H2,1H3,(H,29,30)/b10-4+,24-11-,28-22+. The second-order valence-corrected chi connectivity index (χ2v) is 10.9. The lowest BCUT2D eigenvalue weighted by Crippen LogP contribution is -2.41. The topological polar surface area (TPSA) is 56.3 Å². The largest absolute Gasteiger partial charge is 0.353 e. The summed E-state index contributed by atoms with van der Waals surface area (Å²) in [6.45, 7) is 2.29. The van der Waals surface area contributed by atoms with Crippen LogP contribution < -0.4 is 5.32 Å². The van der Waals surface area contributed by atoms with Crippen molar-refractivity contribution in [3.8, 4) is 0 Å². The van der Waals surface area contributed by atoms with Crippen LogP contribution in [0.3, 0.4) is 0 Å². The minimum absolute atomic E-state index is 0.0264. The van der Waals surface area contributed by atoms with Crippen molar-refractivity contribution in [3.05, 3.63) is 41.5 Å². The van der Waals surface area contributed by atoms with E-state index in [4.69, 9.17) is 10.1 Å². The van der Waals surface area contributed by atoms with Gasteiger partial charge in [0.05, 0.1) is 16.8 Å². The molecule has 5 fully saturated rings. The fourth-order valence-electron chi connectivity index (χ4n) is 6.74. The average Bonchev–Trinajstić information content (AvgIpc) is 3.23. The maximum atomic E-state index is 5.41. The summed E-state index contributed by atoms with van der Waals surface area (Å²) in [6, 6.07) is 3.06. The molecular formula is C26H37N5. The lowest BCUT2D eigenvalue weighted by atomic mass is 9.70. The van der Waals surface area contributed by atoms with Gasteiger partial charge in [-0.1, -0.05) is 18.9 Å². The second-order valence-electron chi connectivity index (χ2n) is 10.9. The molecule has 0 amide bonds. The number of nitrogens with one attached hydrogen (secondary N) is 2. The van der Waals surface area contributed by atoms with E-state index < -0.39 is 0 Å². The Kier molecular flexibility index (Phi) is 4.86. The molecule has 3 aliphatic carbocycles. The van der Waals surface area contributed by atoms with Crippen molar-refractivity contribution in [2.75, 3.05) is 20.1 Å². The highest BCUT2D eigenvalue weighted by Crippen LogP contribution is 2.54. The van der Waals surface area contributed by atoms with Crippen molar-refractivity contribution >= 4 is 5.71 Å². The van der Waals surface area contributed by atoms with Gasteiger partial charge in [0.25, 0.3) is 0 Å². The summed E-state index contributed by atoms with van der Waals surface area (Å²) >= 11 is 0. The monoisotopic (exact) mass is 419 g/mol. The summed E-state index contributed by atoms with van der Waals surface area (Å²) in [5.41, 5.74) is 4.33. The lowest BCUT2D eigenvalue weighted by molar-refractivity contribution is 0.183. The predicted molar refractivity (Wildman–Crippen MR) is 125 cm³/mol. The number of H-pyrrole nitrogens is 1. The molecule has 0 radical (unpaired) electrons. The van der Waals surface area contributed by atoms with Gasteiger partial charge in [-0.05, 0) is 83.1 Å². The number of fused-ring (bicyclic) bond motifs is 1. The van der Waals surface area contributed by atoms with Crippen molar-refractivity contribution in [2.24, 2.45) is 10.4 Å². The van der Waals surface area contributed by atoms with Gasteiger partial charge in [-0.3, -0.25) is 5.10 Å². The van der Waals surface area contributed by atoms with Gasteiger partial charge in [0.2, 0.25) is 0 Å². The number of aliphatic imine (C=N–C) groups is 1. The van der Waals surface area contributed by atoms with E-state index in [1.165, 1.54) is 80.7 Å². The van der Waals surface area contributed by atoms with E-state index in [9.17, 15) is 0 Å². The average molecular weight is 420 g/mol. The molecule has 1 aromatic heterocycles. The van der Waals surface area contributed by atoms with Crippen molar-refractivity contribution in [1.82, 2.24) is 20.4 Å². The molecule has 0 aromatic carbocycles. The summed E-state index contributed by atoms with van der Waals surface area (Å²) < 4.78 is 0. The Morgan fingerprint density at radius 3 is 2.77 bits per heavy atom. The number of allylic oxidation sites excluding steroid dienone is 3. The molecule has 31 heavy (non-hydrogen) atoms. The number of aromatic amines is 1. The van der Waals surface area contributed by atoms with Gasteiger partial charge in [0.1, 0.15) is 5.82 Å². The molecule has 0 atom stereocenters. The van der Waals surface area contributed by atoms with E-state index in [2.05, 4.69) is 46.7 Å². The first-order chi connectivity index (χ1) is 15.2. The minimum Gasteiger partial charge on any atom is -0.353 e. The van der Waals surface area contributed by atoms with Crippen LogP contribution in [0.4, 0.5) is 0 Å². The Morgan fingerprint density at radius 1 is 1.16 bits per heavy atom. The smallest absolute Gasteiger partial charge is 0.125 e. The van der Waals surface area contributed by atoms with Crippen LogP contribution in [-0.4, -0.2) is 47.0 Å². The molecule has 6 aliphatic rings. The van der Waals surface area contributed by atoms with Crippen LogP contribution in [-0.2, 0) is 5.41 Å². The molecule has 0 spiro atoms. The van der Waals surface area contributed by atoms with E-state index in [-0.39, 0.29) is 5.41 Å². The Morgan fingerprint density at radius 2 is 2.00 bits per heavy atom. The molecule has 2 N–H and O–H groups in total. The van der Waals surface area contributed by atoms with Gasteiger partial charge in [-0.15, -0.1) is 0 Å². The lowest BCUT2D eigenvalue weighted by Gasteiger charge is -2.36. The van der Waals surface area contributed by atoms with Gasteiger partial charge >= 0.3 is 0 Å². The maximum absolute atomic E-state index is 5.41. The van der Waals surface area contributed by atoms with E-state index in [1.54, 1.807) is 0 Å². The number of aromatic nitrogens is 2. The van der Waals surface area contributed by atoms with Crippen molar-refractivity contribution in [2.45, 2.75) is 88.0 Å². The molecule has 3 saturated carbocycles. The molecule has 1 aromatic rings. The molecule has 2 saturated heterocycles. The third kappa shape index (κ3) is 3.40. The Bertz CT molecular complexity index is 906. The third-order valence-corrected chi connectivity index (χ3v) is 8.67. The minimum atomic E-state index is 0.0264. The summed E-state index contributed by atoms with van der Waals surface area (Å²) in [5.74, 6) is 1.92. The highest BCUT2D eigenvalue weighted by Gasteiger charge is 2.55. The first kappa shape index (κ1) is 19.8. The van der Waals surface area contributed by atoms with Gasteiger partial charge in [0, 0.05) is 36.2 Å². The first-order valence-corrected chi connectivity index (χ1v) is 12.6. The van der Waals surface area contributed by atoms with Crippen molar-refractivity contribution < 1.29 is 0 Å². The van der Waals surface area contributed by atoms with Crippen LogP contribution in [0.5, 0.6) is 0 Å².